The minimum Gasteiger partial charge on any atom is -0.481 e. The van der Waals surface area contributed by atoms with Gasteiger partial charge in [0.15, 0.2) is 0 Å². The van der Waals surface area contributed by atoms with E-state index in [0.29, 0.717) is 12.8 Å². The van der Waals surface area contributed by atoms with Crippen LogP contribution in [0.25, 0.3) is 0 Å². The Morgan fingerprint density at radius 3 is 2.74 bits per heavy atom. The zero-order chi connectivity index (χ0) is 14.0. The Balaban J connectivity index is 1.80. The fourth-order valence-electron chi connectivity index (χ4n) is 1.75. The maximum atomic E-state index is 11.7. The summed E-state index contributed by atoms with van der Waals surface area (Å²) in [5, 5.41) is 17.1. The summed E-state index contributed by atoms with van der Waals surface area (Å²) < 4.78 is 0. The minimum atomic E-state index is -0.837. The number of carbonyl (C=O) groups excluding carboxylic acids is 1. The number of hydrogen-bond acceptors (Lipinski definition) is 4. The van der Waals surface area contributed by atoms with E-state index < -0.39 is 11.4 Å². The Hall–Kier alpha value is -1.63. The average molecular weight is 283 g/mol. The molecular formula is C12H17N3O3S. The topological polar surface area (TPSA) is 91.3 Å². The molecule has 1 aromatic rings. The summed E-state index contributed by atoms with van der Waals surface area (Å²) in [6.07, 6.45) is 1.26. The van der Waals surface area contributed by atoms with Crippen molar-refractivity contribution >= 4 is 23.3 Å². The van der Waals surface area contributed by atoms with Crippen LogP contribution in [0, 0.1) is 12.3 Å². The van der Waals surface area contributed by atoms with Crippen molar-refractivity contribution in [2.24, 2.45) is 5.41 Å². The van der Waals surface area contributed by atoms with E-state index in [0.717, 1.165) is 10.7 Å². The number of urea groups is 1. The van der Waals surface area contributed by atoms with Gasteiger partial charge in [-0.2, -0.15) is 0 Å². The van der Waals surface area contributed by atoms with Crippen molar-refractivity contribution in [2.45, 2.75) is 32.7 Å². The molecule has 1 fully saturated rings. The first kappa shape index (κ1) is 13.8. The molecule has 2 amide bonds. The quantitative estimate of drug-likeness (QED) is 0.766. The Labute approximate surface area is 115 Å². The second-order valence-electron chi connectivity index (χ2n) is 4.96. The number of carboxylic acid groups (broad SMARTS) is 1. The molecule has 1 aliphatic carbocycles. The predicted octanol–water partition coefficient (Wildman–Crippen LogP) is 1.68. The number of hydrogen-bond donors (Lipinski definition) is 3. The maximum Gasteiger partial charge on any atom is 0.315 e. The number of rotatable bonds is 5. The molecule has 1 atom stereocenters. The van der Waals surface area contributed by atoms with Crippen molar-refractivity contribution in [3.05, 3.63) is 16.1 Å². The van der Waals surface area contributed by atoms with Crippen molar-refractivity contribution in [1.82, 2.24) is 15.6 Å². The Kier molecular flexibility index (Phi) is 3.75. The van der Waals surface area contributed by atoms with Crippen LogP contribution < -0.4 is 10.6 Å². The summed E-state index contributed by atoms with van der Waals surface area (Å²) in [5.74, 6) is -0.837. The van der Waals surface area contributed by atoms with Crippen LogP contribution in [0.5, 0.6) is 0 Å². The molecule has 1 aliphatic rings. The third kappa shape index (κ3) is 3.23. The van der Waals surface area contributed by atoms with Gasteiger partial charge >= 0.3 is 12.0 Å². The second-order valence-corrected chi connectivity index (χ2v) is 5.85. The fourth-order valence-corrected chi connectivity index (χ4v) is 2.55. The highest BCUT2D eigenvalue weighted by molar-refractivity contribution is 7.09. The lowest BCUT2D eigenvalue weighted by atomic mass is 10.1. The molecule has 0 aliphatic heterocycles. The number of nitrogens with one attached hydrogen (secondary N) is 2. The standard InChI is InChI=1S/C12H17N3O3S/c1-7-5-19-9(14-7)8(2)15-11(18)13-6-12(3-4-12)10(16)17/h5,8H,3-4,6H2,1-2H3,(H,16,17)(H2,13,15,18). The first-order chi connectivity index (χ1) is 8.93. The van der Waals surface area contributed by atoms with E-state index in [1.54, 1.807) is 0 Å². The van der Waals surface area contributed by atoms with Crippen LogP contribution in [-0.2, 0) is 4.79 Å². The van der Waals surface area contributed by atoms with Gasteiger partial charge in [-0.1, -0.05) is 0 Å². The van der Waals surface area contributed by atoms with Gasteiger partial charge in [0.2, 0.25) is 0 Å². The number of aliphatic carboxylic acids is 1. The third-order valence-corrected chi connectivity index (χ3v) is 4.39. The summed E-state index contributed by atoms with van der Waals surface area (Å²) in [6.45, 7) is 3.93. The van der Waals surface area contributed by atoms with Gasteiger partial charge in [0.1, 0.15) is 5.01 Å². The molecule has 0 aromatic carbocycles. The molecule has 6 nitrogen and oxygen atoms in total. The van der Waals surface area contributed by atoms with Crippen molar-refractivity contribution in [1.29, 1.82) is 0 Å². The zero-order valence-corrected chi connectivity index (χ0v) is 11.7. The summed E-state index contributed by atoms with van der Waals surface area (Å²) in [6, 6.07) is -0.536. The molecule has 0 bridgehead atoms. The van der Waals surface area contributed by atoms with Crippen LogP contribution in [0.3, 0.4) is 0 Å². The maximum absolute atomic E-state index is 11.7. The van der Waals surface area contributed by atoms with Gasteiger partial charge in [0.25, 0.3) is 0 Å². The first-order valence-electron chi connectivity index (χ1n) is 6.13. The van der Waals surface area contributed by atoms with E-state index in [4.69, 9.17) is 5.11 Å². The SMILES string of the molecule is Cc1csc(C(C)NC(=O)NCC2(C(=O)O)CC2)n1. The van der Waals surface area contributed by atoms with Crippen LogP contribution >= 0.6 is 11.3 Å². The lowest BCUT2D eigenvalue weighted by Gasteiger charge is -2.15. The highest BCUT2D eigenvalue weighted by atomic mass is 32.1. The lowest BCUT2D eigenvalue weighted by Crippen LogP contribution is -2.41. The molecule has 2 rings (SSSR count). The number of carbonyl (C=O) groups is 2. The van der Waals surface area contributed by atoms with Crippen molar-refractivity contribution < 1.29 is 14.7 Å². The number of amides is 2. The molecular weight excluding hydrogens is 266 g/mol. The van der Waals surface area contributed by atoms with Crippen LogP contribution in [0.4, 0.5) is 4.79 Å². The van der Waals surface area contributed by atoms with Gasteiger partial charge in [0, 0.05) is 17.6 Å². The molecule has 3 N–H and O–H groups in total. The molecule has 7 heteroatoms. The van der Waals surface area contributed by atoms with Crippen LogP contribution in [-0.4, -0.2) is 28.6 Å². The summed E-state index contributed by atoms with van der Waals surface area (Å²) in [4.78, 5) is 26.9. The summed E-state index contributed by atoms with van der Waals surface area (Å²) in [5.41, 5.74) is 0.190. The van der Waals surface area contributed by atoms with Gasteiger partial charge in [-0.15, -0.1) is 11.3 Å². The second kappa shape index (κ2) is 5.16. The molecule has 1 saturated carbocycles. The molecule has 0 spiro atoms. The van der Waals surface area contributed by atoms with E-state index in [1.807, 2.05) is 19.2 Å². The van der Waals surface area contributed by atoms with Crippen molar-refractivity contribution in [3.63, 3.8) is 0 Å². The van der Waals surface area contributed by atoms with Gasteiger partial charge in [-0.05, 0) is 26.7 Å². The monoisotopic (exact) mass is 283 g/mol. The Morgan fingerprint density at radius 1 is 1.58 bits per heavy atom. The number of aromatic nitrogens is 1. The van der Waals surface area contributed by atoms with Crippen LogP contribution in [0.2, 0.25) is 0 Å². The van der Waals surface area contributed by atoms with Gasteiger partial charge in [-0.25, -0.2) is 9.78 Å². The number of carboxylic acids is 1. The Bertz CT molecular complexity index is 496. The van der Waals surface area contributed by atoms with Crippen molar-refractivity contribution in [2.75, 3.05) is 6.54 Å². The van der Waals surface area contributed by atoms with Crippen molar-refractivity contribution in [3.8, 4) is 0 Å². The van der Waals surface area contributed by atoms with E-state index in [2.05, 4.69) is 15.6 Å². The predicted molar refractivity (Wildman–Crippen MR) is 71.1 cm³/mol. The Morgan fingerprint density at radius 2 is 2.26 bits per heavy atom. The molecule has 1 aromatic heterocycles. The van der Waals surface area contributed by atoms with E-state index in [9.17, 15) is 9.59 Å². The largest absolute Gasteiger partial charge is 0.481 e. The smallest absolute Gasteiger partial charge is 0.315 e. The normalized spacial score (nSPS) is 17.6. The van der Waals surface area contributed by atoms with E-state index >= 15 is 0 Å². The number of nitrogens with zero attached hydrogens (tertiary/aromatic N) is 1. The average Bonchev–Trinajstić information content (AvgIpc) is 3.02. The molecule has 1 unspecified atom stereocenters. The van der Waals surface area contributed by atoms with Gasteiger partial charge in [-0.3, -0.25) is 4.79 Å². The number of aryl methyl sites for hydroxylation is 1. The highest BCUT2D eigenvalue weighted by Crippen LogP contribution is 2.45. The summed E-state index contributed by atoms with van der Waals surface area (Å²) >= 11 is 1.49. The molecule has 0 saturated heterocycles. The molecule has 1 heterocycles. The third-order valence-electron chi connectivity index (χ3n) is 3.25. The van der Waals surface area contributed by atoms with Gasteiger partial charge in [0.05, 0.1) is 11.5 Å². The molecule has 104 valence electrons. The molecule has 0 radical (unpaired) electrons. The van der Waals surface area contributed by atoms with Crippen LogP contribution in [0.1, 0.15) is 36.5 Å². The van der Waals surface area contributed by atoms with E-state index in [-0.39, 0.29) is 18.6 Å². The van der Waals surface area contributed by atoms with Gasteiger partial charge < -0.3 is 15.7 Å². The first-order valence-corrected chi connectivity index (χ1v) is 7.01. The lowest BCUT2D eigenvalue weighted by molar-refractivity contribution is -0.143. The highest BCUT2D eigenvalue weighted by Gasteiger charge is 2.50. The van der Waals surface area contributed by atoms with E-state index in [1.165, 1.54) is 11.3 Å². The molecule has 19 heavy (non-hydrogen) atoms. The zero-order valence-electron chi connectivity index (χ0n) is 10.9. The minimum absolute atomic E-state index is 0.178. The fraction of sp³-hybridized carbons (Fsp3) is 0.583. The summed E-state index contributed by atoms with van der Waals surface area (Å²) in [7, 11) is 0. The number of thiazole rings is 1. The van der Waals surface area contributed by atoms with Crippen LogP contribution in [0.15, 0.2) is 5.38 Å².